The van der Waals surface area contributed by atoms with Crippen LogP contribution in [0.2, 0.25) is 0 Å². The van der Waals surface area contributed by atoms with Gasteiger partial charge in [-0.2, -0.15) is 0 Å². The Bertz CT molecular complexity index is 716. The molecular formula is C17H17NO2. The molecule has 1 aliphatic rings. The van der Waals surface area contributed by atoms with E-state index in [-0.39, 0.29) is 0 Å². The van der Waals surface area contributed by atoms with Crippen molar-refractivity contribution in [3.63, 3.8) is 0 Å². The van der Waals surface area contributed by atoms with Gasteiger partial charge < -0.3 is 5.11 Å². The van der Waals surface area contributed by atoms with E-state index in [1.165, 1.54) is 23.6 Å². The van der Waals surface area contributed by atoms with Crippen molar-refractivity contribution < 1.29 is 9.90 Å². The van der Waals surface area contributed by atoms with Gasteiger partial charge in [-0.3, -0.25) is 4.98 Å². The van der Waals surface area contributed by atoms with Crippen LogP contribution in [0.5, 0.6) is 0 Å². The lowest BCUT2D eigenvalue weighted by Crippen LogP contribution is -2.08. The van der Waals surface area contributed by atoms with Crippen LogP contribution < -0.4 is 0 Å². The van der Waals surface area contributed by atoms with Crippen LogP contribution in [-0.2, 0) is 17.6 Å². The molecule has 1 heterocycles. The number of pyridine rings is 1. The lowest BCUT2D eigenvalue weighted by Gasteiger charge is -2.19. The molecule has 2 aromatic rings. The molecule has 1 N–H and O–H groups in total. The monoisotopic (exact) mass is 267 g/mol. The number of fused-ring (bicyclic) bond motifs is 2. The van der Waals surface area contributed by atoms with Gasteiger partial charge in [-0.15, -0.1) is 0 Å². The van der Waals surface area contributed by atoms with Gasteiger partial charge in [-0.1, -0.05) is 11.6 Å². The summed E-state index contributed by atoms with van der Waals surface area (Å²) in [7, 11) is 0. The number of aliphatic carboxylic acids is 1. The number of nitrogens with zero attached hydrogens (tertiary/aromatic N) is 1. The van der Waals surface area contributed by atoms with Crippen LogP contribution in [0.3, 0.4) is 0 Å². The molecule has 0 saturated carbocycles. The molecule has 1 aromatic carbocycles. The van der Waals surface area contributed by atoms with Crippen LogP contribution in [-0.4, -0.2) is 16.1 Å². The van der Waals surface area contributed by atoms with E-state index in [9.17, 15) is 4.79 Å². The maximum atomic E-state index is 10.8. The van der Waals surface area contributed by atoms with Gasteiger partial charge in [-0.05, 0) is 61.9 Å². The van der Waals surface area contributed by atoms with Crippen molar-refractivity contribution in [2.45, 2.75) is 32.6 Å². The quantitative estimate of drug-likeness (QED) is 0.847. The second-order valence-electron chi connectivity index (χ2n) is 5.35. The molecule has 102 valence electrons. The van der Waals surface area contributed by atoms with Crippen molar-refractivity contribution in [3.8, 4) is 0 Å². The van der Waals surface area contributed by atoms with Gasteiger partial charge in [-0.25, -0.2) is 4.79 Å². The summed E-state index contributed by atoms with van der Waals surface area (Å²) in [6.45, 7) is 2.05. The topological polar surface area (TPSA) is 50.2 Å². The molecule has 0 fully saturated rings. The highest BCUT2D eigenvalue weighted by molar-refractivity contribution is 5.94. The van der Waals surface area contributed by atoms with Crippen LogP contribution in [0.4, 0.5) is 0 Å². The fourth-order valence-electron chi connectivity index (χ4n) is 2.92. The molecule has 0 amide bonds. The Morgan fingerprint density at radius 3 is 2.90 bits per heavy atom. The number of aromatic nitrogens is 1. The van der Waals surface area contributed by atoms with E-state index in [0.29, 0.717) is 0 Å². The zero-order valence-electron chi connectivity index (χ0n) is 11.5. The smallest absolute Gasteiger partial charge is 0.328 e. The third kappa shape index (κ3) is 2.31. The van der Waals surface area contributed by atoms with Gasteiger partial charge in [0.1, 0.15) is 0 Å². The molecule has 0 aliphatic heterocycles. The molecular weight excluding hydrogens is 250 g/mol. The zero-order valence-corrected chi connectivity index (χ0v) is 11.5. The van der Waals surface area contributed by atoms with E-state index in [1.54, 1.807) is 6.08 Å². The maximum Gasteiger partial charge on any atom is 0.328 e. The highest BCUT2D eigenvalue weighted by atomic mass is 16.4. The number of rotatable bonds is 2. The molecule has 0 saturated heterocycles. The fraction of sp³-hybridized carbons (Fsp3) is 0.294. The van der Waals surface area contributed by atoms with Gasteiger partial charge in [0.15, 0.2) is 0 Å². The summed E-state index contributed by atoms with van der Waals surface area (Å²) in [6.07, 6.45) is 7.26. The predicted octanol–water partition coefficient (Wildman–Crippen LogP) is 3.52. The number of hydrogen-bond acceptors (Lipinski definition) is 2. The number of hydrogen-bond donors (Lipinski definition) is 1. The summed E-state index contributed by atoms with van der Waals surface area (Å²) < 4.78 is 0. The van der Waals surface area contributed by atoms with Crippen LogP contribution in [0, 0.1) is 6.92 Å². The van der Waals surface area contributed by atoms with Crippen molar-refractivity contribution in [1.29, 1.82) is 0 Å². The molecule has 3 rings (SSSR count). The Kier molecular flexibility index (Phi) is 3.26. The summed E-state index contributed by atoms with van der Waals surface area (Å²) in [5.74, 6) is -0.910. The number of aryl methyl sites for hydroxylation is 2. The molecule has 0 unspecified atom stereocenters. The van der Waals surface area contributed by atoms with Crippen molar-refractivity contribution in [2.75, 3.05) is 0 Å². The molecule has 1 aliphatic carbocycles. The summed E-state index contributed by atoms with van der Waals surface area (Å²) in [5.41, 5.74) is 5.53. The second kappa shape index (κ2) is 5.08. The van der Waals surface area contributed by atoms with E-state index in [4.69, 9.17) is 10.1 Å². The zero-order chi connectivity index (χ0) is 14.1. The summed E-state index contributed by atoms with van der Waals surface area (Å²) >= 11 is 0. The van der Waals surface area contributed by atoms with Crippen LogP contribution in [0.25, 0.3) is 17.0 Å². The number of carboxylic acids is 1. The largest absolute Gasteiger partial charge is 0.478 e. The van der Waals surface area contributed by atoms with Crippen LogP contribution in [0.1, 0.15) is 35.2 Å². The minimum atomic E-state index is -0.910. The Morgan fingerprint density at radius 1 is 1.30 bits per heavy atom. The number of carboxylic acid groups (broad SMARTS) is 1. The molecule has 0 atom stereocenters. The highest BCUT2D eigenvalue weighted by Crippen LogP contribution is 2.30. The Labute approximate surface area is 118 Å². The van der Waals surface area contributed by atoms with Crippen molar-refractivity contribution >= 4 is 22.9 Å². The average Bonchev–Trinajstić information content (AvgIpc) is 2.43. The molecule has 0 spiro atoms. The van der Waals surface area contributed by atoms with Gasteiger partial charge in [0, 0.05) is 17.2 Å². The summed E-state index contributed by atoms with van der Waals surface area (Å²) in [4.78, 5) is 15.6. The van der Waals surface area contributed by atoms with Crippen molar-refractivity contribution in [2.24, 2.45) is 0 Å². The summed E-state index contributed by atoms with van der Waals surface area (Å²) in [5, 5.41) is 9.96. The maximum absolute atomic E-state index is 10.8. The minimum Gasteiger partial charge on any atom is -0.478 e. The Hall–Kier alpha value is -2.16. The first kappa shape index (κ1) is 12.9. The number of carbonyl (C=O) groups is 1. The minimum absolute atomic E-state index is 0.910. The van der Waals surface area contributed by atoms with E-state index < -0.39 is 5.97 Å². The SMILES string of the molecule is Cc1ccc2nc3c(c(/C=C/C(=O)O)c2c1)CCCC3. The predicted molar refractivity (Wildman–Crippen MR) is 79.8 cm³/mol. The first-order valence-corrected chi connectivity index (χ1v) is 6.98. The average molecular weight is 267 g/mol. The molecule has 20 heavy (non-hydrogen) atoms. The normalized spacial score (nSPS) is 14.7. The summed E-state index contributed by atoms with van der Waals surface area (Å²) in [6, 6.07) is 6.17. The van der Waals surface area contributed by atoms with Gasteiger partial charge >= 0.3 is 5.97 Å². The van der Waals surface area contributed by atoms with Crippen LogP contribution in [0.15, 0.2) is 24.3 Å². The molecule has 1 aromatic heterocycles. The third-order valence-corrected chi connectivity index (χ3v) is 3.85. The lowest BCUT2D eigenvalue weighted by molar-refractivity contribution is -0.131. The van der Waals surface area contributed by atoms with Gasteiger partial charge in [0.25, 0.3) is 0 Å². The van der Waals surface area contributed by atoms with Crippen LogP contribution >= 0.6 is 0 Å². The highest BCUT2D eigenvalue weighted by Gasteiger charge is 2.16. The number of benzene rings is 1. The molecule has 0 radical (unpaired) electrons. The fourth-order valence-corrected chi connectivity index (χ4v) is 2.92. The Morgan fingerprint density at radius 2 is 2.10 bits per heavy atom. The van der Waals surface area contributed by atoms with Crippen molar-refractivity contribution in [3.05, 3.63) is 46.7 Å². The molecule has 0 bridgehead atoms. The van der Waals surface area contributed by atoms with Crippen molar-refractivity contribution in [1.82, 2.24) is 4.98 Å². The lowest BCUT2D eigenvalue weighted by atomic mass is 9.89. The van der Waals surface area contributed by atoms with E-state index in [0.717, 1.165) is 41.4 Å². The first-order chi connectivity index (χ1) is 9.65. The van der Waals surface area contributed by atoms with E-state index >= 15 is 0 Å². The van der Waals surface area contributed by atoms with E-state index in [2.05, 4.69) is 12.1 Å². The molecule has 3 nitrogen and oxygen atoms in total. The van der Waals surface area contributed by atoms with Gasteiger partial charge in [0.05, 0.1) is 5.52 Å². The molecule has 3 heteroatoms. The van der Waals surface area contributed by atoms with E-state index in [1.807, 2.05) is 13.0 Å². The third-order valence-electron chi connectivity index (χ3n) is 3.85. The van der Waals surface area contributed by atoms with Gasteiger partial charge in [0.2, 0.25) is 0 Å². The first-order valence-electron chi connectivity index (χ1n) is 6.98. The Balaban J connectivity index is 2.30. The second-order valence-corrected chi connectivity index (χ2v) is 5.35. The standard InChI is InChI=1S/C17H17NO2/c1-11-6-8-16-14(10-11)12(7-9-17(19)20)13-4-2-3-5-15(13)18-16/h6-10H,2-5H2,1H3,(H,19,20)/b9-7+.